The number of fused-ring (bicyclic) bond motifs is 1. The standard InChI is InChI=1S/C22H24F6N2O3/c1-20(2,3)33-19(32)30-10-5-4-9-15(30)18(31)13-11-16(22(26,27)28)29-17-12(13)7-6-8-14(17)21(23,24)25/h6-8,11,15,18,31H,4-5,9-10H2,1-3H3. The summed E-state index contributed by atoms with van der Waals surface area (Å²) < 4.78 is 86.4. The molecule has 0 radical (unpaired) electrons. The summed E-state index contributed by atoms with van der Waals surface area (Å²) in [4.78, 5) is 17.2. The number of hydrogen-bond donors (Lipinski definition) is 1. The maximum absolute atomic E-state index is 13.5. The molecule has 3 rings (SSSR count). The van der Waals surface area contributed by atoms with Crippen molar-refractivity contribution >= 4 is 17.0 Å². The van der Waals surface area contributed by atoms with E-state index in [0.717, 1.165) is 6.07 Å². The Morgan fingerprint density at radius 1 is 1.12 bits per heavy atom. The molecule has 1 amide bonds. The molecule has 1 fully saturated rings. The van der Waals surface area contributed by atoms with Crippen LogP contribution in [-0.2, 0) is 17.1 Å². The predicted molar refractivity (Wildman–Crippen MR) is 107 cm³/mol. The second-order valence-electron chi connectivity index (χ2n) is 8.98. The van der Waals surface area contributed by atoms with E-state index in [1.165, 1.54) is 11.0 Å². The molecule has 1 N–H and O–H groups in total. The quantitative estimate of drug-likeness (QED) is 0.531. The number of amides is 1. The van der Waals surface area contributed by atoms with Crippen molar-refractivity contribution in [2.45, 2.75) is 70.1 Å². The van der Waals surface area contributed by atoms with Crippen molar-refractivity contribution in [1.82, 2.24) is 9.88 Å². The van der Waals surface area contributed by atoms with Crippen LogP contribution in [0.2, 0.25) is 0 Å². The van der Waals surface area contributed by atoms with Crippen LogP contribution in [0.1, 0.15) is 63.0 Å². The molecule has 1 aliphatic heterocycles. The van der Waals surface area contributed by atoms with Gasteiger partial charge in [-0.25, -0.2) is 9.78 Å². The number of nitrogens with zero attached hydrogens (tertiary/aromatic N) is 2. The van der Waals surface area contributed by atoms with Crippen LogP contribution in [0.25, 0.3) is 10.9 Å². The van der Waals surface area contributed by atoms with Crippen LogP contribution in [0.15, 0.2) is 24.3 Å². The minimum atomic E-state index is -5.04. The number of alkyl halides is 6. The van der Waals surface area contributed by atoms with Crippen molar-refractivity contribution in [3.63, 3.8) is 0 Å². The van der Waals surface area contributed by atoms with E-state index in [1.54, 1.807) is 20.8 Å². The van der Waals surface area contributed by atoms with Crippen molar-refractivity contribution < 1.29 is 41.0 Å². The van der Waals surface area contributed by atoms with Crippen LogP contribution in [0, 0.1) is 0 Å². The van der Waals surface area contributed by atoms with E-state index in [9.17, 15) is 36.2 Å². The Morgan fingerprint density at radius 3 is 2.36 bits per heavy atom. The highest BCUT2D eigenvalue weighted by molar-refractivity contribution is 5.86. The fourth-order valence-electron chi connectivity index (χ4n) is 3.93. The molecular formula is C22H24F6N2O3. The second-order valence-corrected chi connectivity index (χ2v) is 8.98. The van der Waals surface area contributed by atoms with Gasteiger partial charge in [0.2, 0.25) is 0 Å². The first kappa shape index (κ1) is 25.1. The maximum atomic E-state index is 13.5. The van der Waals surface area contributed by atoms with Crippen LogP contribution in [0.3, 0.4) is 0 Å². The first-order valence-electron chi connectivity index (χ1n) is 10.4. The summed E-state index contributed by atoms with van der Waals surface area (Å²) in [6, 6.07) is 2.43. The molecule has 182 valence electrons. The third-order valence-electron chi connectivity index (χ3n) is 5.33. The first-order chi connectivity index (χ1) is 15.1. The number of hydrogen-bond acceptors (Lipinski definition) is 4. The van der Waals surface area contributed by atoms with E-state index < -0.39 is 53.0 Å². The van der Waals surface area contributed by atoms with E-state index in [0.29, 0.717) is 25.0 Å². The van der Waals surface area contributed by atoms with Crippen molar-refractivity contribution in [3.8, 4) is 0 Å². The first-order valence-corrected chi connectivity index (χ1v) is 10.4. The minimum absolute atomic E-state index is 0.194. The van der Waals surface area contributed by atoms with Crippen molar-refractivity contribution in [3.05, 3.63) is 41.1 Å². The van der Waals surface area contributed by atoms with E-state index in [4.69, 9.17) is 4.74 Å². The zero-order chi connectivity index (χ0) is 24.8. The number of carbonyl (C=O) groups excluding carboxylic acids is 1. The number of likely N-dealkylation sites (tertiary alicyclic amines) is 1. The Balaban J connectivity index is 2.15. The zero-order valence-corrected chi connectivity index (χ0v) is 18.2. The lowest BCUT2D eigenvalue weighted by molar-refractivity contribution is -0.142. The highest BCUT2D eigenvalue weighted by Gasteiger charge is 2.40. The molecular weight excluding hydrogens is 454 g/mol. The van der Waals surface area contributed by atoms with Crippen LogP contribution in [-0.4, -0.2) is 39.3 Å². The van der Waals surface area contributed by atoms with Crippen LogP contribution < -0.4 is 0 Å². The molecule has 0 bridgehead atoms. The number of carbonyl (C=O) groups is 1. The van der Waals surface area contributed by atoms with Crippen LogP contribution in [0.5, 0.6) is 0 Å². The molecule has 0 spiro atoms. The number of para-hydroxylation sites is 1. The van der Waals surface area contributed by atoms with Gasteiger partial charge in [0.1, 0.15) is 17.4 Å². The van der Waals surface area contributed by atoms with Crippen molar-refractivity contribution in [1.29, 1.82) is 0 Å². The molecule has 11 heteroatoms. The number of aliphatic hydroxyl groups excluding tert-OH is 1. The topological polar surface area (TPSA) is 62.7 Å². The summed E-state index contributed by atoms with van der Waals surface area (Å²) in [5.41, 5.74) is -5.03. The molecule has 2 heterocycles. The highest BCUT2D eigenvalue weighted by atomic mass is 19.4. The molecule has 2 atom stereocenters. The number of benzene rings is 1. The molecule has 2 aromatic rings. The fourth-order valence-corrected chi connectivity index (χ4v) is 3.93. The van der Waals surface area contributed by atoms with Gasteiger partial charge in [-0.15, -0.1) is 0 Å². The molecule has 5 nitrogen and oxygen atoms in total. The molecule has 2 unspecified atom stereocenters. The second kappa shape index (κ2) is 8.66. The summed E-state index contributed by atoms with van der Waals surface area (Å²) in [7, 11) is 0. The van der Waals surface area contributed by atoms with Gasteiger partial charge in [-0.1, -0.05) is 12.1 Å². The molecule has 1 aliphatic rings. The van der Waals surface area contributed by atoms with Crippen molar-refractivity contribution in [2.75, 3.05) is 6.54 Å². The van der Waals surface area contributed by atoms with Gasteiger partial charge >= 0.3 is 18.4 Å². The predicted octanol–water partition coefficient (Wildman–Crippen LogP) is 6.10. The molecule has 1 aromatic heterocycles. The Hall–Kier alpha value is -2.56. The Bertz CT molecular complexity index is 1030. The van der Waals surface area contributed by atoms with Gasteiger partial charge in [0.15, 0.2) is 0 Å². The molecule has 33 heavy (non-hydrogen) atoms. The number of halogens is 6. The minimum Gasteiger partial charge on any atom is -0.444 e. The average molecular weight is 478 g/mol. The summed E-state index contributed by atoms with van der Waals surface area (Å²) in [5, 5.41) is 10.9. The van der Waals surface area contributed by atoms with Gasteiger partial charge in [-0.2, -0.15) is 26.3 Å². The van der Waals surface area contributed by atoms with Gasteiger partial charge in [-0.05, 0) is 57.7 Å². The van der Waals surface area contributed by atoms with E-state index >= 15 is 0 Å². The van der Waals surface area contributed by atoms with E-state index in [1.807, 2.05) is 0 Å². The summed E-state index contributed by atoms with van der Waals surface area (Å²) >= 11 is 0. The zero-order valence-electron chi connectivity index (χ0n) is 18.2. The van der Waals surface area contributed by atoms with Crippen LogP contribution in [0.4, 0.5) is 31.1 Å². The number of aliphatic hydroxyl groups is 1. The lowest BCUT2D eigenvalue weighted by atomic mass is 9.90. The average Bonchev–Trinajstić information content (AvgIpc) is 2.69. The molecule has 0 aliphatic carbocycles. The molecule has 1 saturated heterocycles. The Morgan fingerprint density at radius 2 is 1.79 bits per heavy atom. The third kappa shape index (κ3) is 5.51. The Labute approximate surface area is 186 Å². The smallest absolute Gasteiger partial charge is 0.433 e. The summed E-state index contributed by atoms with van der Waals surface area (Å²) in [5.74, 6) is 0. The summed E-state index contributed by atoms with van der Waals surface area (Å²) in [6.07, 6.45) is -11.0. The largest absolute Gasteiger partial charge is 0.444 e. The number of piperidine rings is 1. The van der Waals surface area contributed by atoms with Gasteiger partial charge in [0, 0.05) is 11.9 Å². The number of rotatable bonds is 2. The molecule has 0 saturated carbocycles. The SMILES string of the molecule is CC(C)(C)OC(=O)N1CCCCC1C(O)c1cc(C(F)(F)F)nc2c(C(F)(F)F)cccc12. The lowest BCUT2D eigenvalue weighted by Crippen LogP contribution is -2.48. The molecule has 1 aromatic carbocycles. The number of pyridine rings is 1. The van der Waals surface area contributed by atoms with Gasteiger partial charge in [-0.3, -0.25) is 0 Å². The fraction of sp³-hybridized carbons (Fsp3) is 0.545. The summed E-state index contributed by atoms with van der Waals surface area (Å²) in [6.45, 7) is 5.13. The van der Waals surface area contributed by atoms with Crippen molar-refractivity contribution in [2.24, 2.45) is 0 Å². The van der Waals surface area contributed by atoms with Gasteiger partial charge < -0.3 is 14.7 Å². The van der Waals surface area contributed by atoms with E-state index in [2.05, 4.69) is 4.98 Å². The van der Waals surface area contributed by atoms with E-state index in [-0.39, 0.29) is 23.9 Å². The van der Waals surface area contributed by atoms with Crippen LogP contribution >= 0.6 is 0 Å². The lowest BCUT2D eigenvalue weighted by Gasteiger charge is -2.39. The van der Waals surface area contributed by atoms with Gasteiger partial charge in [0.25, 0.3) is 0 Å². The highest BCUT2D eigenvalue weighted by Crippen LogP contribution is 2.41. The monoisotopic (exact) mass is 478 g/mol. The van der Waals surface area contributed by atoms with Gasteiger partial charge in [0.05, 0.1) is 17.1 Å². The normalized spacial score (nSPS) is 19.0. The maximum Gasteiger partial charge on any atom is 0.433 e. The number of aromatic nitrogens is 1. The Kier molecular flexibility index (Phi) is 6.58. The third-order valence-corrected chi connectivity index (χ3v) is 5.33. The number of ether oxygens (including phenoxy) is 1.